The Kier molecular flexibility index (Phi) is 5.85. The summed E-state index contributed by atoms with van der Waals surface area (Å²) >= 11 is 0. The van der Waals surface area contributed by atoms with Crippen molar-refractivity contribution in [2.24, 2.45) is 0 Å². The molecule has 1 unspecified atom stereocenters. The minimum absolute atomic E-state index is 0.0269. The molecule has 1 amide bonds. The number of carbonyl (C=O) groups excluding carboxylic acids is 3. The van der Waals surface area contributed by atoms with Gasteiger partial charge in [0, 0.05) is 18.9 Å². The van der Waals surface area contributed by atoms with Crippen LogP contribution in [0.2, 0.25) is 0 Å². The van der Waals surface area contributed by atoms with Crippen molar-refractivity contribution in [1.29, 1.82) is 0 Å². The van der Waals surface area contributed by atoms with E-state index in [9.17, 15) is 19.5 Å². The lowest BCUT2D eigenvalue weighted by Gasteiger charge is -2.26. The van der Waals surface area contributed by atoms with Crippen molar-refractivity contribution < 1.29 is 28.6 Å². The zero-order valence-electron chi connectivity index (χ0n) is 17.2. The van der Waals surface area contributed by atoms with Crippen LogP contribution in [0.5, 0.6) is 0 Å². The second-order valence-electron chi connectivity index (χ2n) is 7.10. The fraction of sp³-hybridized carbons (Fsp3) is 0.167. The molecule has 1 N–H and O–H groups in total. The van der Waals surface area contributed by atoms with Gasteiger partial charge in [0.25, 0.3) is 5.91 Å². The third-order valence-electron chi connectivity index (χ3n) is 5.13. The normalized spacial score (nSPS) is 15.8. The number of ether oxygens (including phenoxy) is 1. The van der Waals surface area contributed by atoms with Crippen LogP contribution in [-0.2, 0) is 16.1 Å². The van der Waals surface area contributed by atoms with Crippen LogP contribution in [-0.4, -0.2) is 39.3 Å². The molecule has 162 valence electrons. The molecule has 0 bridgehead atoms. The summed E-state index contributed by atoms with van der Waals surface area (Å²) in [4.78, 5) is 43.3. The fourth-order valence-corrected chi connectivity index (χ4v) is 3.64. The number of esters is 1. The first-order chi connectivity index (χ1) is 15.5. The molecule has 32 heavy (non-hydrogen) atoms. The van der Waals surface area contributed by atoms with Gasteiger partial charge in [-0.15, -0.1) is 0 Å². The summed E-state index contributed by atoms with van der Waals surface area (Å²) in [5.41, 5.74) is 1.67. The summed E-state index contributed by atoms with van der Waals surface area (Å²) < 4.78 is 10.2. The van der Waals surface area contributed by atoms with Crippen molar-refractivity contribution in [3.05, 3.63) is 101 Å². The Balaban J connectivity index is 1.68. The Morgan fingerprint density at radius 2 is 1.84 bits per heavy atom. The number of Topliss-reactive ketones (excluding diaryl/α,β-unsaturated/α-hetero) is 1. The topological polar surface area (TPSA) is 110 Å². The predicted molar refractivity (Wildman–Crippen MR) is 113 cm³/mol. The van der Waals surface area contributed by atoms with E-state index in [-0.39, 0.29) is 24.5 Å². The third kappa shape index (κ3) is 3.90. The molecule has 3 aromatic rings. The molecule has 8 nitrogen and oxygen atoms in total. The largest absolute Gasteiger partial charge is 0.503 e. The molecule has 0 aliphatic carbocycles. The summed E-state index contributed by atoms with van der Waals surface area (Å²) in [6.45, 7) is 2.10. The summed E-state index contributed by atoms with van der Waals surface area (Å²) in [6, 6.07) is 12.2. The van der Waals surface area contributed by atoms with Crippen LogP contribution in [0.1, 0.15) is 45.0 Å². The van der Waals surface area contributed by atoms with E-state index in [1.165, 1.54) is 17.2 Å². The van der Waals surface area contributed by atoms with Crippen LogP contribution < -0.4 is 0 Å². The number of aromatic nitrogens is 1. The second-order valence-corrected chi connectivity index (χ2v) is 7.10. The number of hydrogen-bond donors (Lipinski definition) is 1. The van der Waals surface area contributed by atoms with E-state index in [0.717, 1.165) is 0 Å². The van der Waals surface area contributed by atoms with Crippen LogP contribution in [0, 0.1) is 0 Å². The first-order valence-corrected chi connectivity index (χ1v) is 9.99. The standard InChI is InChI=1S/C24H20N2O6/c1-2-31-24(30)17-7-5-15(6-8-17)14-26-20(16-9-11-25-12-10-16)19(22(28)23(26)29)21(27)18-4-3-13-32-18/h3-13,20,28H,2,14H2,1H3. The molecule has 0 saturated carbocycles. The first kappa shape index (κ1) is 21.0. The maximum atomic E-state index is 13.1. The van der Waals surface area contributed by atoms with Crippen LogP contribution in [0.15, 0.2) is 82.9 Å². The number of carbonyl (C=O) groups is 3. The number of hydrogen-bond acceptors (Lipinski definition) is 7. The molecular formula is C24H20N2O6. The molecule has 1 aliphatic heterocycles. The number of pyridine rings is 1. The van der Waals surface area contributed by atoms with Gasteiger partial charge >= 0.3 is 5.97 Å². The smallest absolute Gasteiger partial charge is 0.338 e. The highest BCUT2D eigenvalue weighted by molar-refractivity contribution is 6.15. The zero-order chi connectivity index (χ0) is 22.7. The van der Waals surface area contributed by atoms with Gasteiger partial charge < -0.3 is 19.2 Å². The maximum absolute atomic E-state index is 13.1. The zero-order valence-corrected chi connectivity index (χ0v) is 17.2. The Morgan fingerprint density at radius 3 is 2.47 bits per heavy atom. The van der Waals surface area contributed by atoms with Crippen LogP contribution in [0.4, 0.5) is 0 Å². The van der Waals surface area contributed by atoms with Crippen LogP contribution in [0.25, 0.3) is 0 Å². The van der Waals surface area contributed by atoms with Gasteiger partial charge in [-0.3, -0.25) is 14.6 Å². The molecule has 2 aromatic heterocycles. The number of ketones is 1. The quantitative estimate of drug-likeness (QED) is 0.448. The van der Waals surface area contributed by atoms with E-state index in [1.807, 2.05) is 0 Å². The number of aliphatic hydroxyl groups excluding tert-OH is 1. The van der Waals surface area contributed by atoms with Gasteiger partial charge in [0.1, 0.15) is 0 Å². The molecule has 0 fully saturated rings. The minimum atomic E-state index is -0.826. The highest BCUT2D eigenvalue weighted by Gasteiger charge is 2.44. The van der Waals surface area contributed by atoms with Gasteiger partial charge in [0.2, 0.25) is 5.78 Å². The Morgan fingerprint density at radius 1 is 1.12 bits per heavy atom. The molecule has 4 rings (SSSR count). The first-order valence-electron chi connectivity index (χ1n) is 9.99. The summed E-state index contributed by atoms with van der Waals surface area (Å²) in [6.07, 6.45) is 4.46. The molecule has 0 radical (unpaired) electrons. The number of benzene rings is 1. The van der Waals surface area contributed by atoms with Gasteiger partial charge in [0.15, 0.2) is 11.5 Å². The van der Waals surface area contributed by atoms with Crippen molar-refractivity contribution in [2.45, 2.75) is 19.5 Å². The molecular weight excluding hydrogens is 412 g/mol. The lowest BCUT2D eigenvalue weighted by atomic mass is 9.95. The second kappa shape index (κ2) is 8.89. The van der Waals surface area contributed by atoms with Gasteiger partial charge in [-0.25, -0.2) is 4.79 Å². The van der Waals surface area contributed by atoms with Crippen molar-refractivity contribution in [3.8, 4) is 0 Å². The monoisotopic (exact) mass is 432 g/mol. The minimum Gasteiger partial charge on any atom is -0.503 e. The molecule has 1 atom stereocenters. The van der Waals surface area contributed by atoms with E-state index < -0.39 is 29.5 Å². The van der Waals surface area contributed by atoms with Crippen LogP contribution >= 0.6 is 0 Å². The Labute approximate surface area is 183 Å². The highest BCUT2D eigenvalue weighted by atomic mass is 16.5. The average Bonchev–Trinajstić information content (AvgIpc) is 3.43. The maximum Gasteiger partial charge on any atom is 0.338 e. The SMILES string of the molecule is CCOC(=O)c1ccc(CN2C(=O)C(O)=C(C(=O)c3ccco3)C2c2ccncc2)cc1. The number of furan rings is 1. The van der Waals surface area contributed by atoms with E-state index in [0.29, 0.717) is 16.7 Å². The van der Waals surface area contributed by atoms with Gasteiger partial charge in [-0.05, 0) is 54.4 Å². The molecule has 8 heteroatoms. The molecule has 3 heterocycles. The summed E-state index contributed by atoms with van der Waals surface area (Å²) in [5.74, 6) is -2.26. The lowest BCUT2D eigenvalue weighted by molar-refractivity contribution is -0.130. The van der Waals surface area contributed by atoms with Gasteiger partial charge in [-0.2, -0.15) is 0 Å². The van der Waals surface area contributed by atoms with Gasteiger partial charge in [-0.1, -0.05) is 12.1 Å². The number of rotatable bonds is 7. The van der Waals surface area contributed by atoms with Gasteiger partial charge in [0.05, 0.1) is 30.0 Å². The predicted octanol–water partition coefficient (Wildman–Crippen LogP) is 3.63. The average molecular weight is 432 g/mol. The molecule has 1 aromatic carbocycles. The number of aliphatic hydroxyl groups is 1. The van der Waals surface area contributed by atoms with E-state index >= 15 is 0 Å². The van der Waals surface area contributed by atoms with Crippen molar-refractivity contribution in [2.75, 3.05) is 6.61 Å². The molecule has 0 spiro atoms. The number of nitrogens with zero attached hydrogens (tertiary/aromatic N) is 2. The third-order valence-corrected chi connectivity index (χ3v) is 5.13. The summed E-state index contributed by atoms with van der Waals surface area (Å²) in [5, 5.41) is 10.6. The summed E-state index contributed by atoms with van der Waals surface area (Å²) in [7, 11) is 0. The van der Waals surface area contributed by atoms with E-state index in [1.54, 1.807) is 61.8 Å². The Hall–Kier alpha value is -4.20. The van der Waals surface area contributed by atoms with E-state index in [2.05, 4.69) is 4.98 Å². The molecule has 1 aliphatic rings. The lowest BCUT2D eigenvalue weighted by Crippen LogP contribution is -2.30. The fourth-order valence-electron chi connectivity index (χ4n) is 3.64. The van der Waals surface area contributed by atoms with E-state index in [4.69, 9.17) is 9.15 Å². The van der Waals surface area contributed by atoms with Crippen molar-refractivity contribution in [1.82, 2.24) is 9.88 Å². The highest BCUT2D eigenvalue weighted by Crippen LogP contribution is 2.39. The molecule has 0 saturated heterocycles. The van der Waals surface area contributed by atoms with Crippen LogP contribution in [0.3, 0.4) is 0 Å². The number of amides is 1. The van der Waals surface area contributed by atoms with Crippen molar-refractivity contribution >= 4 is 17.7 Å². The van der Waals surface area contributed by atoms with Crippen molar-refractivity contribution in [3.63, 3.8) is 0 Å². The Bertz CT molecular complexity index is 1170.